The number of amides is 2. The minimum atomic E-state index is -0.385. The van der Waals surface area contributed by atoms with E-state index in [9.17, 15) is 14.0 Å². The molecule has 4 N–H and O–H groups in total. The zero-order valence-electron chi connectivity index (χ0n) is 15.3. The normalized spacial score (nSPS) is 10.4. The zero-order valence-corrected chi connectivity index (χ0v) is 15.3. The van der Waals surface area contributed by atoms with Gasteiger partial charge in [0.25, 0.3) is 5.91 Å². The summed E-state index contributed by atoms with van der Waals surface area (Å²) in [6.45, 7) is 1.10. The van der Waals surface area contributed by atoms with Gasteiger partial charge < -0.3 is 16.4 Å². The first-order chi connectivity index (χ1) is 13.1. The molecular weight excluding hydrogens is 345 g/mol. The first kappa shape index (κ1) is 20.6. The molecule has 0 aliphatic rings. The molecular formula is C21H26FN3O2. The molecule has 0 atom stereocenters. The van der Waals surface area contributed by atoms with Crippen molar-refractivity contribution >= 4 is 17.5 Å². The third kappa shape index (κ3) is 7.58. The molecule has 144 valence electrons. The van der Waals surface area contributed by atoms with Gasteiger partial charge in [0.1, 0.15) is 5.82 Å². The number of rotatable bonds is 10. The molecule has 0 saturated heterocycles. The number of anilines is 1. The standard InChI is InChI=1S/C21H26FN3O2/c22-18-11-9-17(10-12-18)21(27)25-19-7-5-6-16(14-19)15-24-20(26)8-3-1-2-4-13-23/h5-7,9-12,14H,1-4,8,13,15,23H2,(H,24,26)(H,25,27). The fraction of sp³-hybridized carbons (Fsp3) is 0.333. The smallest absolute Gasteiger partial charge is 0.255 e. The molecule has 2 aromatic rings. The molecule has 0 spiro atoms. The van der Waals surface area contributed by atoms with Crippen molar-refractivity contribution in [3.05, 3.63) is 65.5 Å². The van der Waals surface area contributed by atoms with Gasteiger partial charge in [0.05, 0.1) is 0 Å². The van der Waals surface area contributed by atoms with Gasteiger partial charge in [-0.15, -0.1) is 0 Å². The first-order valence-corrected chi connectivity index (χ1v) is 9.21. The summed E-state index contributed by atoms with van der Waals surface area (Å²) in [5.74, 6) is -0.680. The van der Waals surface area contributed by atoms with E-state index in [-0.39, 0.29) is 17.6 Å². The van der Waals surface area contributed by atoms with Gasteiger partial charge in [-0.3, -0.25) is 9.59 Å². The fourth-order valence-electron chi connectivity index (χ4n) is 2.64. The summed E-state index contributed by atoms with van der Waals surface area (Å²) < 4.78 is 12.9. The van der Waals surface area contributed by atoms with Crippen LogP contribution in [0.25, 0.3) is 0 Å². The van der Waals surface area contributed by atoms with Crippen LogP contribution in [-0.2, 0) is 11.3 Å². The number of unbranched alkanes of at least 4 members (excludes halogenated alkanes) is 3. The average Bonchev–Trinajstić information content (AvgIpc) is 2.67. The average molecular weight is 371 g/mol. The van der Waals surface area contributed by atoms with Crippen molar-refractivity contribution in [2.24, 2.45) is 5.73 Å². The summed E-state index contributed by atoms with van der Waals surface area (Å²) in [6.07, 6.45) is 4.43. The Bertz CT molecular complexity index is 747. The minimum absolute atomic E-state index is 0.0171. The molecule has 6 heteroatoms. The van der Waals surface area contributed by atoms with Gasteiger partial charge in [-0.2, -0.15) is 0 Å². The summed E-state index contributed by atoms with van der Waals surface area (Å²) in [6, 6.07) is 12.6. The number of halogens is 1. The van der Waals surface area contributed by atoms with E-state index in [1.807, 2.05) is 18.2 Å². The van der Waals surface area contributed by atoms with Crippen LogP contribution in [0.1, 0.15) is 48.0 Å². The monoisotopic (exact) mass is 371 g/mol. The number of benzene rings is 2. The van der Waals surface area contributed by atoms with E-state index < -0.39 is 0 Å². The maximum atomic E-state index is 12.9. The SMILES string of the molecule is NCCCCCCC(=O)NCc1cccc(NC(=O)c2ccc(F)cc2)c1. The zero-order chi connectivity index (χ0) is 19.5. The van der Waals surface area contributed by atoms with Crippen molar-refractivity contribution in [1.82, 2.24) is 5.32 Å². The van der Waals surface area contributed by atoms with E-state index in [2.05, 4.69) is 10.6 Å². The number of carbonyl (C=O) groups is 2. The lowest BCUT2D eigenvalue weighted by molar-refractivity contribution is -0.121. The summed E-state index contributed by atoms with van der Waals surface area (Å²) in [4.78, 5) is 24.1. The van der Waals surface area contributed by atoms with Crippen molar-refractivity contribution in [1.29, 1.82) is 0 Å². The maximum Gasteiger partial charge on any atom is 0.255 e. The van der Waals surface area contributed by atoms with Crippen LogP contribution in [0.3, 0.4) is 0 Å². The van der Waals surface area contributed by atoms with Crippen LogP contribution < -0.4 is 16.4 Å². The highest BCUT2D eigenvalue weighted by atomic mass is 19.1. The van der Waals surface area contributed by atoms with Crippen LogP contribution in [0, 0.1) is 5.82 Å². The lowest BCUT2D eigenvalue weighted by atomic mass is 10.1. The summed E-state index contributed by atoms with van der Waals surface area (Å²) in [7, 11) is 0. The lowest BCUT2D eigenvalue weighted by Gasteiger charge is -2.09. The Labute approximate surface area is 159 Å². The van der Waals surface area contributed by atoms with Gasteiger partial charge in [0.15, 0.2) is 0 Å². The quantitative estimate of drug-likeness (QED) is 0.558. The molecule has 0 aliphatic carbocycles. The highest BCUT2D eigenvalue weighted by molar-refractivity contribution is 6.04. The largest absolute Gasteiger partial charge is 0.352 e. The topological polar surface area (TPSA) is 84.2 Å². The predicted molar refractivity (Wildman–Crippen MR) is 105 cm³/mol. The molecule has 0 unspecified atom stereocenters. The number of nitrogens with one attached hydrogen (secondary N) is 2. The predicted octanol–water partition coefficient (Wildman–Crippen LogP) is 3.60. The molecule has 0 heterocycles. The number of hydrogen-bond acceptors (Lipinski definition) is 3. The van der Waals surface area contributed by atoms with Crippen molar-refractivity contribution in [2.75, 3.05) is 11.9 Å². The number of carbonyl (C=O) groups excluding carboxylic acids is 2. The van der Waals surface area contributed by atoms with E-state index in [4.69, 9.17) is 5.73 Å². The Morgan fingerprint density at radius 3 is 2.44 bits per heavy atom. The molecule has 0 aliphatic heterocycles. The van der Waals surface area contributed by atoms with Crippen molar-refractivity contribution in [3.8, 4) is 0 Å². The molecule has 0 fully saturated rings. The second-order valence-corrected chi connectivity index (χ2v) is 6.39. The Morgan fingerprint density at radius 2 is 1.70 bits per heavy atom. The van der Waals surface area contributed by atoms with Gasteiger partial charge in [-0.25, -0.2) is 4.39 Å². The maximum absolute atomic E-state index is 12.9. The van der Waals surface area contributed by atoms with Crippen LogP contribution in [0.5, 0.6) is 0 Å². The third-order valence-electron chi connectivity index (χ3n) is 4.14. The number of hydrogen-bond donors (Lipinski definition) is 3. The highest BCUT2D eigenvalue weighted by Crippen LogP contribution is 2.13. The molecule has 2 aromatic carbocycles. The summed E-state index contributed by atoms with van der Waals surface area (Å²) in [5.41, 5.74) is 7.34. The summed E-state index contributed by atoms with van der Waals surface area (Å²) >= 11 is 0. The van der Waals surface area contributed by atoms with Crippen molar-refractivity contribution < 1.29 is 14.0 Å². The van der Waals surface area contributed by atoms with Gasteiger partial charge >= 0.3 is 0 Å². The Balaban J connectivity index is 1.80. The fourth-order valence-corrected chi connectivity index (χ4v) is 2.64. The first-order valence-electron chi connectivity index (χ1n) is 9.21. The van der Waals surface area contributed by atoms with Crippen LogP contribution in [0.2, 0.25) is 0 Å². The van der Waals surface area contributed by atoms with Gasteiger partial charge in [-0.05, 0) is 61.3 Å². The van der Waals surface area contributed by atoms with Gasteiger partial charge in [0, 0.05) is 24.2 Å². The molecule has 2 amide bonds. The van der Waals surface area contributed by atoms with Gasteiger partial charge in [0.2, 0.25) is 5.91 Å². The van der Waals surface area contributed by atoms with E-state index in [0.29, 0.717) is 30.8 Å². The molecule has 2 rings (SSSR count). The second-order valence-electron chi connectivity index (χ2n) is 6.39. The molecule has 0 saturated carbocycles. The van der Waals surface area contributed by atoms with E-state index in [0.717, 1.165) is 31.2 Å². The van der Waals surface area contributed by atoms with Crippen LogP contribution >= 0.6 is 0 Å². The molecule has 0 radical (unpaired) electrons. The third-order valence-corrected chi connectivity index (χ3v) is 4.14. The highest BCUT2D eigenvalue weighted by Gasteiger charge is 2.07. The van der Waals surface area contributed by atoms with E-state index in [1.54, 1.807) is 6.07 Å². The second kappa shape index (κ2) is 11.1. The van der Waals surface area contributed by atoms with Crippen molar-refractivity contribution in [2.45, 2.75) is 38.6 Å². The lowest BCUT2D eigenvalue weighted by Crippen LogP contribution is -2.22. The molecule has 0 aromatic heterocycles. The van der Waals surface area contributed by atoms with E-state index >= 15 is 0 Å². The minimum Gasteiger partial charge on any atom is -0.352 e. The van der Waals surface area contributed by atoms with Crippen LogP contribution in [0.15, 0.2) is 48.5 Å². The Hall–Kier alpha value is -2.73. The Morgan fingerprint density at radius 1 is 0.963 bits per heavy atom. The van der Waals surface area contributed by atoms with Crippen LogP contribution in [-0.4, -0.2) is 18.4 Å². The Kier molecular flexibility index (Phi) is 8.45. The molecule has 5 nitrogen and oxygen atoms in total. The molecule has 0 bridgehead atoms. The number of nitrogens with two attached hydrogens (primary N) is 1. The van der Waals surface area contributed by atoms with E-state index in [1.165, 1.54) is 24.3 Å². The van der Waals surface area contributed by atoms with Gasteiger partial charge in [-0.1, -0.05) is 25.0 Å². The van der Waals surface area contributed by atoms with Crippen LogP contribution in [0.4, 0.5) is 10.1 Å². The summed E-state index contributed by atoms with van der Waals surface area (Å²) in [5, 5.41) is 5.67. The molecule has 27 heavy (non-hydrogen) atoms. The van der Waals surface area contributed by atoms with Crippen molar-refractivity contribution in [3.63, 3.8) is 0 Å².